The van der Waals surface area contributed by atoms with Gasteiger partial charge in [0.1, 0.15) is 12.2 Å². The number of hydrogen-bond acceptors (Lipinski definition) is 7. The molecule has 5 fully saturated rings. The third kappa shape index (κ3) is 4.40. The molecule has 8 heteroatoms. The van der Waals surface area contributed by atoms with Crippen LogP contribution in [-0.2, 0) is 19.1 Å². The molecule has 0 amide bonds. The van der Waals surface area contributed by atoms with E-state index in [4.69, 9.17) is 9.47 Å². The van der Waals surface area contributed by atoms with Gasteiger partial charge in [0, 0.05) is 12.3 Å². The van der Waals surface area contributed by atoms with Crippen molar-refractivity contribution in [2.75, 3.05) is 6.61 Å². The molecular formula is C36H56O8. The van der Waals surface area contributed by atoms with E-state index in [1.54, 1.807) is 0 Å². The van der Waals surface area contributed by atoms with Gasteiger partial charge >= 0.3 is 5.97 Å². The summed E-state index contributed by atoms with van der Waals surface area (Å²) in [5, 5.41) is 40.4. The molecule has 4 saturated carbocycles. The molecule has 1 saturated heterocycles. The average Bonchev–Trinajstić information content (AvgIpc) is 2.94. The number of aliphatic carboxylic acids is 1. The fourth-order valence-corrected chi connectivity index (χ4v) is 11.9. The van der Waals surface area contributed by atoms with E-state index in [-0.39, 0.29) is 69.7 Å². The number of carboxylic acid groups (broad SMARTS) is 1. The summed E-state index contributed by atoms with van der Waals surface area (Å²) in [7, 11) is 0. The summed E-state index contributed by atoms with van der Waals surface area (Å²) >= 11 is 0. The van der Waals surface area contributed by atoms with E-state index in [2.05, 4.69) is 41.5 Å². The van der Waals surface area contributed by atoms with Crippen molar-refractivity contribution >= 4 is 11.8 Å². The Balaban J connectivity index is 1.31. The third-order valence-corrected chi connectivity index (χ3v) is 15.1. The molecule has 0 bridgehead atoms. The summed E-state index contributed by atoms with van der Waals surface area (Å²) in [6.45, 7) is 15.4. The molecule has 13 atom stereocenters. The van der Waals surface area contributed by atoms with Crippen LogP contribution in [0.2, 0.25) is 0 Å². The van der Waals surface area contributed by atoms with Crippen molar-refractivity contribution < 1.29 is 39.5 Å². The number of ketones is 1. The van der Waals surface area contributed by atoms with Crippen molar-refractivity contribution in [3.8, 4) is 0 Å². The third-order valence-electron chi connectivity index (χ3n) is 15.1. The van der Waals surface area contributed by atoms with Gasteiger partial charge in [-0.3, -0.25) is 9.59 Å². The van der Waals surface area contributed by atoms with E-state index in [9.17, 15) is 30.0 Å². The Hall–Kier alpha value is -1.32. The van der Waals surface area contributed by atoms with E-state index < -0.39 is 36.0 Å². The zero-order chi connectivity index (χ0) is 32.3. The standard InChI is InChI=1S/C36H56O8/c1-31(2)25-8-11-36(7)29(34(25,5)10-9-26(31)44-27-17-22(38)28(40)24(19-37)43-27)23(39)16-20-21-18-33(4,30(41)42)13-12-32(21,3)14-15-35(20,36)6/h16,21-22,24-29,37-38,40H,8-15,17-19H2,1-7H3,(H,41,42)/t21-,22+,24+,25-,26-,27-,28+,29+,32-,33+,34+,35-,36-/m1/s1. The van der Waals surface area contributed by atoms with E-state index in [0.717, 1.165) is 44.9 Å². The monoisotopic (exact) mass is 616 g/mol. The van der Waals surface area contributed by atoms with Crippen LogP contribution >= 0.6 is 0 Å². The molecule has 0 aromatic rings. The Morgan fingerprint density at radius 3 is 2.32 bits per heavy atom. The van der Waals surface area contributed by atoms with Gasteiger partial charge in [0.05, 0.1) is 24.2 Å². The van der Waals surface area contributed by atoms with Crippen molar-refractivity contribution in [3.05, 3.63) is 11.6 Å². The minimum atomic E-state index is -1.14. The van der Waals surface area contributed by atoms with E-state index in [1.165, 1.54) is 5.57 Å². The van der Waals surface area contributed by atoms with Gasteiger partial charge in [-0.15, -0.1) is 0 Å². The summed E-state index contributed by atoms with van der Waals surface area (Å²) in [5.74, 6) is -0.267. The molecule has 5 aliphatic carbocycles. The van der Waals surface area contributed by atoms with Crippen molar-refractivity contribution in [2.24, 2.45) is 50.2 Å². The maximum Gasteiger partial charge on any atom is 0.309 e. The number of rotatable bonds is 4. The highest BCUT2D eigenvalue weighted by Crippen LogP contribution is 2.75. The zero-order valence-corrected chi connectivity index (χ0v) is 27.9. The van der Waals surface area contributed by atoms with Crippen LogP contribution in [0.1, 0.15) is 113 Å². The number of fused-ring (bicyclic) bond motifs is 7. The quantitative estimate of drug-likeness (QED) is 0.314. The Morgan fingerprint density at radius 2 is 1.66 bits per heavy atom. The van der Waals surface area contributed by atoms with Gasteiger partial charge < -0.3 is 29.9 Å². The molecule has 6 rings (SSSR count). The molecule has 6 aliphatic rings. The maximum atomic E-state index is 14.6. The lowest BCUT2D eigenvalue weighted by atomic mass is 9.33. The van der Waals surface area contributed by atoms with Gasteiger partial charge in [-0.05, 0) is 110 Å². The van der Waals surface area contributed by atoms with Gasteiger partial charge in [0.2, 0.25) is 0 Å². The molecule has 0 spiro atoms. The molecule has 1 heterocycles. The lowest BCUT2D eigenvalue weighted by Crippen LogP contribution is -2.67. The number of carbonyl (C=O) groups is 2. The largest absolute Gasteiger partial charge is 0.481 e. The summed E-state index contributed by atoms with van der Waals surface area (Å²) in [5.41, 5.74) is -0.373. The van der Waals surface area contributed by atoms with Crippen LogP contribution in [0.3, 0.4) is 0 Å². The second kappa shape index (κ2) is 10.3. The first-order chi connectivity index (χ1) is 20.4. The zero-order valence-electron chi connectivity index (χ0n) is 27.9. The van der Waals surface area contributed by atoms with E-state index in [1.807, 2.05) is 13.0 Å². The van der Waals surface area contributed by atoms with Gasteiger partial charge in [0.15, 0.2) is 12.1 Å². The number of aliphatic hydroxyl groups excluding tert-OH is 3. The summed E-state index contributed by atoms with van der Waals surface area (Å²) in [6.07, 6.45) is 6.05. The fraction of sp³-hybridized carbons (Fsp3) is 0.889. The molecule has 248 valence electrons. The molecule has 0 unspecified atom stereocenters. The highest BCUT2D eigenvalue weighted by molar-refractivity contribution is 5.95. The van der Waals surface area contributed by atoms with Crippen molar-refractivity contribution in [3.63, 3.8) is 0 Å². The molecule has 1 aliphatic heterocycles. The van der Waals surface area contributed by atoms with E-state index >= 15 is 0 Å². The highest BCUT2D eigenvalue weighted by atomic mass is 16.7. The Bertz CT molecular complexity index is 1230. The number of ether oxygens (including phenoxy) is 2. The summed E-state index contributed by atoms with van der Waals surface area (Å²) in [6, 6.07) is 0. The number of aliphatic hydroxyl groups is 3. The summed E-state index contributed by atoms with van der Waals surface area (Å²) in [4.78, 5) is 27.0. The molecule has 8 nitrogen and oxygen atoms in total. The topological polar surface area (TPSA) is 134 Å². The van der Waals surface area contributed by atoms with Crippen LogP contribution in [-0.4, -0.2) is 69.5 Å². The Morgan fingerprint density at radius 1 is 0.977 bits per heavy atom. The minimum Gasteiger partial charge on any atom is -0.481 e. The number of carbonyl (C=O) groups excluding carboxylic acids is 1. The lowest BCUT2D eigenvalue weighted by molar-refractivity contribution is -0.296. The van der Waals surface area contributed by atoms with Crippen LogP contribution < -0.4 is 0 Å². The van der Waals surface area contributed by atoms with Crippen molar-refractivity contribution in [2.45, 2.75) is 143 Å². The number of hydrogen-bond donors (Lipinski definition) is 4. The number of carboxylic acids is 1. The maximum absolute atomic E-state index is 14.6. The molecule has 44 heavy (non-hydrogen) atoms. The Labute approximate surface area is 263 Å². The van der Waals surface area contributed by atoms with Crippen molar-refractivity contribution in [1.29, 1.82) is 0 Å². The first-order valence-electron chi connectivity index (χ1n) is 17.1. The molecule has 0 aromatic carbocycles. The van der Waals surface area contributed by atoms with Crippen molar-refractivity contribution in [1.82, 2.24) is 0 Å². The summed E-state index contributed by atoms with van der Waals surface area (Å²) < 4.78 is 12.4. The SMILES string of the molecule is CC1(C)[C@H]2CC[C@]3(C)[C@@H](C(=O)C=C4[C@H]5C[C@@](C)(C(=O)O)CC[C@]5(C)CC[C@]43C)[C@@]2(C)CC[C@H]1O[C@@H]1C[C@H](O)[C@H](O)[C@H](CO)O1. The minimum absolute atomic E-state index is 0.0299. The van der Waals surface area contributed by atoms with E-state index in [0.29, 0.717) is 12.8 Å². The van der Waals surface area contributed by atoms with Gasteiger partial charge in [0.25, 0.3) is 0 Å². The predicted molar refractivity (Wildman–Crippen MR) is 164 cm³/mol. The van der Waals surface area contributed by atoms with Crippen LogP contribution in [0.4, 0.5) is 0 Å². The molecule has 0 radical (unpaired) electrons. The smallest absolute Gasteiger partial charge is 0.309 e. The van der Waals surface area contributed by atoms with Gasteiger partial charge in [-0.1, -0.05) is 47.1 Å². The first kappa shape index (κ1) is 32.6. The highest BCUT2D eigenvalue weighted by Gasteiger charge is 2.70. The van der Waals surface area contributed by atoms with Crippen LogP contribution in [0.25, 0.3) is 0 Å². The van der Waals surface area contributed by atoms with Crippen LogP contribution in [0.5, 0.6) is 0 Å². The average molecular weight is 617 g/mol. The molecule has 4 N–H and O–H groups in total. The Kier molecular flexibility index (Phi) is 7.66. The molecular weight excluding hydrogens is 560 g/mol. The predicted octanol–water partition coefficient (Wildman–Crippen LogP) is 5.27. The molecule has 0 aromatic heterocycles. The van der Waals surface area contributed by atoms with Crippen LogP contribution in [0, 0.1) is 50.2 Å². The second-order valence-corrected chi connectivity index (χ2v) is 17.6. The first-order valence-corrected chi connectivity index (χ1v) is 17.1. The second-order valence-electron chi connectivity index (χ2n) is 17.6. The normalized spacial score (nSPS) is 53.4. The number of allylic oxidation sites excluding steroid dienone is 2. The van der Waals surface area contributed by atoms with Gasteiger partial charge in [-0.25, -0.2) is 0 Å². The fourth-order valence-electron chi connectivity index (χ4n) is 11.9. The lowest BCUT2D eigenvalue weighted by Gasteiger charge is -2.70. The van der Waals surface area contributed by atoms with Crippen LogP contribution in [0.15, 0.2) is 11.6 Å². The van der Waals surface area contributed by atoms with Gasteiger partial charge in [-0.2, -0.15) is 0 Å².